The van der Waals surface area contributed by atoms with Crippen molar-refractivity contribution in [3.63, 3.8) is 0 Å². The molecule has 0 heterocycles. The molecule has 2 rings (SSSR count). The van der Waals surface area contributed by atoms with Crippen LogP contribution in [0.5, 0.6) is 0 Å². The maximum Gasteiger partial charge on any atom is 0.331 e. The largest absolute Gasteiger partial charge is 0.478 e. The Kier molecular flexibility index (Phi) is 8.58. The first-order valence-corrected chi connectivity index (χ1v) is 5.79. The molecule has 4 nitrogen and oxygen atoms in total. The second-order valence-corrected chi connectivity index (χ2v) is 3.93. The van der Waals surface area contributed by atoms with Crippen LogP contribution in [0.1, 0.15) is 25.7 Å². The number of hydrogen-bond donors (Lipinski definition) is 2. The number of hydrogen-bond acceptors (Lipinski definition) is 2. The van der Waals surface area contributed by atoms with Crippen LogP contribution in [-0.4, -0.2) is 22.2 Å². The van der Waals surface area contributed by atoms with E-state index in [0.29, 0.717) is 24.0 Å². The SMILES string of the molecule is O=C(O)C1=CC=CCC1.O=C(O)C1=CC=CCC1.[Fe]. The van der Waals surface area contributed by atoms with Gasteiger partial charge in [-0.05, 0) is 25.7 Å². The van der Waals surface area contributed by atoms with E-state index in [4.69, 9.17) is 10.2 Å². The summed E-state index contributed by atoms with van der Waals surface area (Å²) in [4.78, 5) is 20.5. The van der Waals surface area contributed by atoms with Gasteiger partial charge in [-0.15, -0.1) is 0 Å². The van der Waals surface area contributed by atoms with Gasteiger partial charge in [0.1, 0.15) is 0 Å². The Morgan fingerprint density at radius 1 is 0.842 bits per heavy atom. The molecule has 0 amide bonds. The van der Waals surface area contributed by atoms with Crippen LogP contribution >= 0.6 is 0 Å². The van der Waals surface area contributed by atoms with E-state index in [1.165, 1.54) is 0 Å². The molecule has 104 valence electrons. The van der Waals surface area contributed by atoms with E-state index in [1.54, 1.807) is 24.3 Å². The molecule has 0 bridgehead atoms. The number of carboxylic acid groups (broad SMARTS) is 2. The van der Waals surface area contributed by atoms with E-state index in [1.807, 2.05) is 12.2 Å². The van der Waals surface area contributed by atoms with Crippen molar-refractivity contribution < 1.29 is 36.9 Å². The second-order valence-electron chi connectivity index (χ2n) is 3.93. The molecule has 19 heavy (non-hydrogen) atoms. The van der Waals surface area contributed by atoms with Gasteiger partial charge in [-0.25, -0.2) is 9.59 Å². The van der Waals surface area contributed by atoms with Gasteiger partial charge in [0.25, 0.3) is 0 Å². The zero-order valence-electron chi connectivity index (χ0n) is 10.4. The summed E-state index contributed by atoms with van der Waals surface area (Å²) in [6.45, 7) is 0. The normalized spacial score (nSPS) is 16.2. The maximum atomic E-state index is 10.3. The van der Waals surface area contributed by atoms with Gasteiger partial charge in [0.05, 0.1) is 0 Å². The average molecular weight is 304 g/mol. The number of allylic oxidation sites excluding steroid dienone is 6. The first-order chi connectivity index (χ1) is 8.61. The minimum atomic E-state index is -0.792. The van der Waals surface area contributed by atoms with Crippen LogP contribution in [0, 0.1) is 0 Å². The van der Waals surface area contributed by atoms with Crippen LogP contribution in [0.2, 0.25) is 0 Å². The van der Waals surface area contributed by atoms with Crippen LogP contribution in [-0.2, 0) is 26.7 Å². The van der Waals surface area contributed by atoms with Crippen LogP contribution in [0.15, 0.2) is 47.6 Å². The molecule has 2 aliphatic carbocycles. The van der Waals surface area contributed by atoms with Crippen molar-refractivity contribution in [3.05, 3.63) is 47.6 Å². The van der Waals surface area contributed by atoms with Crippen molar-refractivity contribution in [3.8, 4) is 0 Å². The fourth-order valence-corrected chi connectivity index (χ4v) is 1.56. The van der Waals surface area contributed by atoms with Crippen LogP contribution in [0.25, 0.3) is 0 Å². The van der Waals surface area contributed by atoms with Gasteiger partial charge >= 0.3 is 11.9 Å². The molecule has 0 unspecified atom stereocenters. The molecule has 0 radical (unpaired) electrons. The van der Waals surface area contributed by atoms with E-state index in [9.17, 15) is 9.59 Å². The minimum absolute atomic E-state index is 0. The second kappa shape index (κ2) is 9.36. The predicted octanol–water partition coefficient (Wildman–Crippen LogP) is 2.69. The molecule has 0 aliphatic heterocycles. The first-order valence-electron chi connectivity index (χ1n) is 5.79. The summed E-state index contributed by atoms with van der Waals surface area (Å²) in [5.74, 6) is -1.58. The van der Waals surface area contributed by atoms with Crippen LogP contribution < -0.4 is 0 Å². The zero-order valence-corrected chi connectivity index (χ0v) is 11.5. The third kappa shape index (κ3) is 6.79. The van der Waals surface area contributed by atoms with Gasteiger partial charge in [0, 0.05) is 28.2 Å². The topological polar surface area (TPSA) is 74.6 Å². The summed E-state index contributed by atoms with van der Waals surface area (Å²) in [6, 6.07) is 0. The zero-order chi connectivity index (χ0) is 13.4. The fraction of sp³-hybridized carbons (Fsp3) is 0.286. The van der Waals surface area contributed by atoms with Crippen LogP contribution in [0.3, 0.4) is 0 Å². The summed E-state index contributed by atoms with van der Waals surface area (Å²) in [5.41, 5.74) is 1.02. The Morgan fingerprint density at radius 3 is 1.37 bits per heavy atom. The molecule has 0 atom stereocenters. The van der Waals surface area contributed by atoms with Gasteiger partial charge in [-0.3, -0.25) is 0 Å². The summed E-state index contributed by atoms with van der Waals surface area (Å²) in [6.07, 6.45) is 13.9. The van der Waals surface area contributed by atoms with Crippen molar-refractivity contribution >= 4 is 11.9 Å². The molecule has 0 fully saturated rings. The summed E-state index contributed by atoms with van der Waals surface area (Å²) >= 11 is 0. The quantitative estimate of drug-likeness (QED) is 0.769. The third-order valence-corrected chi connectivity index (χ3v) is 2.58. The predicted molar refractivity (Wildman–Crippen MR) is 68.2 cm³/mol. The van der Waals surface area contributed by atoms with E-state index >= 15 is 0 Å². The molecule has 0 aromatic heterocycles. The molecule has 0 saturated heterocycles. The van der Waals surface area contributed by atoms with E-state index in [-0.39, 0.29) is 17.1 Å². The smallest absolute Gasteiger partial charge is 0.331 e. The molecule has 2 aliphatic rings. The number of aliphatic carboxylic acids is 2. The monoisotopic (exact) mass is 304 g/mol. The third-order valence-electron chi connectivity index (χ3n) is 2.58. The van der Waals surface area contributed by atoms with Gasteiger partial charge in [0.15, 0.2) is 0 Å². The maximum absolute atomic E-state index is 10.3. The molecule has 5 heteroatoms. The fourth-order valence-electron chi connectivity index (χ4n) is 1.56. The summed E-state index contributed by atoms with van der Waals surface area (Å²) < 4.78 is 0. The number of rotatable bonds is 2. The Labute approximate surface area is 122 Å². The van der Waals surface area contributed by atoms with Crippen LogP contribution in [0.4, 0.5) is 0 Å². The summed E-state index contributed by atoms with van der Waals surface area (Å²) in [5, 5.41) is 16.9. The minimum Gasteiger partial charge on any atom is -0.478 e. The van der Waals surface area contributed by atoms with Gasteiger partial charge < -0.3 is 10.2 Å². The molecule has 2 N–H and O–H groups in total. The van der Waals surface area contributed by atoms with Crippen molar-refractivity contribution in [1.29, 1.82) is 0 Å². The molecule has 0 aromatic carbocycles. The Morgan fingerprint density at radius 2 is 1.21 bits per heavy atom. The van der Waals surface area contributed by atoms with E-state index in [2.05, 4.69) is 0 Å². The van der Waals surface area contributed by atoms with Gasteiger partial charge in [-0.2, -0.15) is 0 Å². The molecule has 0 aromatic rings. The van der Waals surface area contributed by atoms with Gasteiger partial charge in [-0.1, -0.05) is 36.5 Å². The first kappa shape index (κ1) is 17.4. The average Bonchev–Trinajstić information content (AvgIpc) is 2.41. The van der Waals surface area contributed by atoms with Crippen molar-refractivity contribution in [2.75, 3.05) is 0 Å². The molecule has 0 saturated carbocycles. The Hall–Kier alpha value is -1.58. The van der Waals surface area contributed by atoms with Crippen molar-refractivity contribution in [2.24, 2.45) is 0 Å². The molecular formula is C14H16FeO4. The molecule has 0 spiro atoms. The van der Waals surface area contributed by atoms with E-state index < -0.39 is 11.9 Å². The Bertz CT molecular complexity index is 402. The Balaban J connectivity index is 0.000000324. The van der Waals surface area contributed by atoms with Crippen molar-refractivity contribution in [1.82, 2.24) is 0 Å². The number of carbonyl (C=O) groups is 2. The van der Waals surface area contributed by atoms with Gasteiger partial charge in [0.2, 0.25) is 0 Å². The molecular weight excluding hydrogens is 288 g/mol. The number of carboxylic acids is 2. The van der Waals surface area contributed by atoms with E-state index in [0.717, 1.165) is 12.8 Å². The summed E-state index contributed by atoms with van der Waals surface area (Å²) in [7, 11) is 0. The van der Waals surface area contributed by atoms with Crippen molar-refractivity contribution in [2.45, 2.75) is 25.7 Å². The standard InChI is InChI=1S/2C7H8O2.Fe/c2*8-7(9)6-4-2-1-3-5-6;/h2*1-2,4H,3,5H2,(H,8,9);.